The van der Waals surface area contributed by atoms with Gasteiger partial charge in [-0.2, -0.15) is 0 Å². The fourth-order valence-corrected chi connectivity index (χ4v) is 8.09. The van der Waals surface area contributed by atoms with E-state index in [1.807, 2.05) is 0 Å². The van der Waals surface area contributed by atoms with Gasteiger partial charge in [-0.05, 0) is 43.2 Å². The van der Waals surface area contributed by atoms with E-state index < -0.39 is 16.6 Å². The Morgan fingerprint density at radius 1 is 1.00 bits per heavy atom. The predicted molar refractivity (Wildman–Crippen MR) is 107 cm³/mol. The molecule has 2 fully saturated rings. The van der Waals surface area contributed by atoms with Crippen LogP contribution in [0.4, 0.5) is 0 Å². The largest absolute Gasteiger partial charge is 0.414 e. The summed E-state index contributed by atoms with van der Waals surface area (Å²) in [6.07, 6.45) is 2.92. The van der Waals surface area contributed by atoms with Crippen molar-refractivity contribution in [2.75, 3.05) is 0 Å². The van der Waals surface area contributed by atoms with Crippen molar-refractivity contribution < 1.29 is 13.6 Å². The van der Waals surface area contributed by atoms with Crippen LogP contribution in [-0.2, 0) is 13.6 Å². The lowest BCUT2D eigenvalue weighted by atomic mass is 9.86. The quantitative estimate of drug-likeness (QED) is 0.423. The molecule has 0 amide bonds. The van der Waals surface area contributed by atoms with Crippen molar-refractivity contribution in [3.05, 3.63) is 0 Å². The first kappa shape index (κ1) is 20.6. The molecule has 0 bridgehead atoms. The third-order valence-electron chi connectivity index (χ3n) is 7.16. The van der Waals surface area contributed by atoms with Crippen LogP contribution in [0, 0.1) is 0 Å². The molecule has 142 valence electrons. The van der Waals surface area contributed by atoms with Crippen LogP contribution < -0.4 is 0 Å². The van der Waals surface area contributed by atoms with Gasteiger partial charge in [0.05, 0.1) is 18.3 Å². The van der Waals surface area contributed by atoms with Gasteiger partial charge in [-0.1, -0.05) is 41.5 Å². The van der Waals surface area contributed by atoms with E-state index in [1.165, 1.54) is 18.1 Å². The molecule has 0 spiro atoms. The SMILES string of the molecule is CC[Si](CC)(CC)O[C@@H]1C[C@@H]2O[C@@]2(C)[C@H](O[Si](C)(C)C(C)(C)C)C1. The number of rotatable bonds is 7. The summed E-state index contributed by atoms with van der Waals surface area (Å²) in [4.78, 5) is 0. The van der Waals surface area contributed by atoms with Crippen molar-refractivity contribution in [3.8, 4) is 0 Å². The van der Waals surface area contributed by atoms with Gasteiger partial charge in [0.1, 0.15) is 5.60 Å². The smallest absolute Gasteiger partial charge is 0.192 e. The van der Waals surface area contributed by atoms with Gasteiger partial charge in [0, 0.05) is 12.8 Å². The lowest BCUT2D eigenvalue weighted by Crippen LogP contribution is -2.52. The summed E-state index contributed by atoms with van der Waals surface area (Å²) in [7, 11) is -3.36. The van der Waals surface area contributed by atoms with E-state index in [0.717, 1.165) is 12.8 Å². The maximum absolute atomic E-state index is 6.80. The van der Waals surface area contributed by atoms with Crippen molar-refractivity contribution >= 4 is 16.6 Å². The van der Waals surface area contributed by atoms with Crippen molar-refractivity contribution in [1.82, 2.24) is 0 Å². The molecule has 5 heteroatoms. The Bertz CT molecular complexity index is 434. The molecule has 0 aromatic carbocycles. The molecule has 1 heterocycles. The number of fused-ring (bicyclic) bond motifs is 1. The Labute approximate surface area is 152 Å². The Balaban J connectivity index is 2.10. The molecule has 1 aliphatic heterocycles. The zero-order chi connectivity index (χ0) is 18.4. The molecule has 4 atom stereocenters. The van der Waals surface area contributed by atoms with Crippen LogP contribution in [0.1, 0.15) is 61.3 Å². The lowest BCUT2D eigenvalue weighted by Gasteiger charge is -2.43. The van der Waals surface area contributed by atoms with Crippen LogP contribution in [0.2, 0.25) is 36.3 Å². The molecule has 3 nitrogen and oxygen atoms in total. The molecule has 2 aliphatic rings. The normalized spacial score (nSPS) is 34.1. The average Bonchev–Trinajstić information content (AvgIpc) is 3.15. The average molecular weight is 373 g/mol. The summed E-state index contributed by atoms with van der Waals surface area (Å²) < 4.78 is 19.7. The van der Waals surface area contributed by atoms with Crippen molar-refractivity contribution in [2.45, 2.75) is 121 Å². The van der Waals surface area contributed by atoms with Gasteiger partial charge in [-0.25, -0.2) is 0 Å². The molecular formula is C19H40O3Si2. The van der Waals surface area contributed by atoms with Crippen molar-refractivity contribution in [1.29, 1.82) is 0 Å². The highest BCUT2D eigenvalue weighted by Gasteiger charge is 2.63. The minimum absolute atomic E-state index is 0.0652. The zero-order valence-corrected chi connectivity index (χ0v) is 19.5. The molecule has 24 heavy (non-hydrogen) atoms. The van der Waals surface area contributed by atoms with Crippen molar-refractivity contribution in [2.24, 2.45) is 0 Å². The monoisotopic (exact) mass is 372 g/mol. The number of epoxide rings is 1. The molecule has 2 rings (SSSR count). The second-order valence-electron chi connectivity index (χ2n) is 9.61. The summed E-state index contributed by atoms with van der Waals surface area (Å²) in [5, 5.41) is 0.232. The van der Waals surface area contributed by atoms with E-state index in [0.29, 0.717) is 12.2 Å². The van der Waals surface area contributed by atoms with E-state index in [9.17, 15) is 0 Å². The van der Waals surface area contributed by atoms with Gasteiger partial charge in [0.25, 0.3) is 0 Å². The van der Waals surface area contributed by atoms with E-state index in [-0.39, 0.29) is 16.7 Å². The number of hydrogen-bond acceptors (Lipinski definition) is 3. The third kappa shape index (κ3) is 3.85. The van der Waals surface area contributed by atoms with Gasteiger partial charge in [-0.15, -0.1) is 0 Å². The molecule has 1 saturated heterocycles. The summed E-state index contributed by atoms with van der Waals surface area (Å²) >= 11 is 0. The Hall–Kier alpha value is 0.314. The van der Waals surface area contributed by atoms with Crippen LogP contribution in [-0.4, -0.2) is 40.5 Å². The van der Waals surface area contributed by atoms with E-state index >= 15 is 0 Å². The van der Waals surface area contributed by atoms with Gasteiger partial charge in [-0.3, -0.25) is 0 Å². The highest BCUT2D eigenvalue weighted by Crippen LogP contribution is 2.52. The van der Waals surface area contributed by atoms with Crippen LogP contribution in [0.15, 0.2) is 0 Å². The molecule has 1 aliphatic carbocycles. The first-order valence-electron chi connectivity index (χ1n) is 9.96. The molecule has 0 aromatic heterocycles. The van der Waals surface area contributed by atoms with E-state index in [2.05, 4.69) is 61.6 Å². The maximum Gasteiger partial charge on any atom is 0.192 e. The Kier molecular flexibility index (Phi) is 5.84. The highest BCUT2D eigenvalue weighted by molar-refractivity contribution is 6.74. The Morgan fingerprint density at radius 2 is 1.54 bits per heavy atom. The minimum Gasteiger partial charge on any atom is -0.414 e. The van der Waals surface area contributed by atoms with Gasteiger partial charge in [0.2, 0.25) is 0 Å². The third-order valence-corrected chi connectivity index (χ3v) is 16.3. The number of ether oxygens (including phenoxy) is 1. The van der Waals surface area contributed by atoms with Gasteiger partial charge in [0.15, 0.2) is 16.6 Å². The summed E-state index contributed by atoms with van der Waals surface area (Å²) in [6.45, 7) is 20.8. The molecular weight excluding hydrogens is 332 g/mol. The lowest BCUT2D eigenvalue weighted by molar-refractivity contribution is 0.0363. The van der Waals surface area contributed by atoms with E-state index in [4.69, 9.17) is 13.6 Å². The van der Waals surface area contributed by atoms with Crippen LogP contribution in [0.5, 0.6) is 0 Å². The van der Waals surface area contributed by atoms with Gasteiger partial charge >= 0.3 is 0 Å². The Morgan fingerprint density at radius 3 is 2.00 bits per heavy atom. The number of hydrogen-bond donors (Lipinski definition) is 0. The van der Waals surface area contributed by atoms with Crippen LogP contribution in [0.25, 0.3) is 0 Å². The predicted octanol–water partition coefficient (Wildman–Crippen LogP) is 5.72. The maximum atomic E-state index is 6.80. The second-order valence-corrected chi connectivity index (χ2v) is 19.1. The molecule has 0 aromatic rings. The second kappa shape index (κ2) is 6.80. The molecule has 1 saturated carbocycles. The van der Waals surface area contributed by atoms with Crippen LogP contribution in [0.3, 0.4) is 0 Å². The summed E-state index contributed by atoms with van der Waals surface area (Å²) in [5.41, 5.74) is -0.0652. The molecule has 0 N–H and O–H groups in total. The fraction of sp³-hybridized carbons (Fsp3) is 1.00. The topological polar surface area (TPSA) is 31.0 Å². The first-order chi connectivity index (χ1) is 10.9. The summed E-state index contributed by atoms with van der Waals surface area (Å²) in [5.74, 6) is 0. The fourth-order valence-electron chi connectivity index (χ4n) is 3.79. The van der Waals surface area contributed by atoms with E-state index in [1.54, 1.807) is 0 Å². The van der Waals surface area contributed by atoms with Gasteiger partial charge < -0.3 is 13.6 Å². The highest BCUT2D eigenvalue weighted by atomic mass is 28.4. The minimum atomic E-state index is -1.79. The molecule has 0 radical (unpaired) electrons. The van der Waals surface area contributed by atoms with Crippen molar-refractivity contribution in [3.63, 3.8) is 0 Å². The first-order valence-corrected chi connectivity index (χ1v) is 15.4. The molecule has 0 unspecified atom stereocenters. The summed E-state index contributed by atoms with van der Waals surface area (Å²) in [6, 6.07) is 3.65. The van der Waals surface area contributed by atoms with Crippen LogP contribution >= 0.6 is 0 Å². The standard InChI is InChI=1S/C19H40O3Si2/c1-10-24(11-2,12-3)21-15-13-16-19(7,20-16)17(14-15)22-23(8,9)18(4,5)6/h15-17H,10-14H2,1-9H3/t15-,16+,17-,19-/m1/s1. The zero-order valence-electron chi connectivity index (χ0n) is 17.5.